The van der Waals surface area contributed by atoms with Crippen LogP contribution in [-0.4, -0.2) is 29.9 Å². The molecule has 0 bridgehead atoms. The summed E-state index contributed by atoms with van der Waals surface area (Å²) in [5.74, 6) is 2.64. The smallest absolute Gasteiger partial charge is 0.406 e. The summed E-state index contributed by atoms with van der Waals surface area (Å²) in [6.07, 6.45) is -1.73. The van der Waals surface area contributed by atoms with Gasteiger partial charge in [-0.15, -0.1) is 13.2 Å². The Bertz CT molecular complexity index is 821. The molecule has 8 heteroatoms. The summed E-state index contributed by atoms with van der Waals surface area (Å²) in [5, 5.41) is 3.06. The minimum absolute atomic E-state index is 0.185. The molecule has 1 aliphatic carbocycles. The third-order valence-electron chi connectivity index (χ3n) is 4.68. The maximum absolute atomic E-state index is 12.5. The van der Waals surface area contributed by atoms with Crippen molar-refractivity contribution in [1.29, 1.82) is 0 Å². The van der Waals surface area contributed by atoms with Crippen LogP contribution in [0.5, 0.6) is 5.75 Å². The molecule has 4 rings (SSSR count). The number of fused-ring (bicyclic) bond motifs is 1. The number of alkyl halides is 3. The van der Waals surface area contributed by atoms with Gasteiger partial charge in [-0.05, 0) is 42.5 Å². The van der Waals surface area contributed by atoms with E-state index in [4.69, 9.17) is 0 Å². The standard InChI is InChI=1S/C18H19F3N4O/c1-22-15-9-16(24-17(23-15)12-2-3-12)25-7-6-11-4-5-14(8-13(11)10-25)26-18(19,20)21/h4-5,8-9,12H,2-3,6-7,10H2,1H3,(H,22,23,24). The zero-order valence-electron chi connectivity index (χ0n) is 14.3. The second-order valence-electron chi connectivity index (χ2n) is 6.64. The Hall–Kier alpha value is -2.51. The van der Waals surface area contributed by atoms with Gasteiger partial charge in [-0.3, -0.25) is 0 Å². The second kappa shape index (κ2) is 6.34. The summed E-state index contributed by atoms with van der Waals surface area (Å²) in [4.78, 5) is 11.3. The molecule has 2 aromatic rings. The molecule has 2 aliphatic rings. The summed E-state index contributed by atoms with van der Waals surface area (Å²) in [6.45, 7) is 1.26. The zero-order chi connectivity index (χ0) is 18.3. The first-order valence-electron chi connectivity index (χ1n) is 8.60. The minimum Gasteiger partial charge on any atom is -0.406 e. The number of halogens is 3. The third kappa shape index (κ3) is 3.68. The second-order valence-corrected chi connectivity index (χ2v) is 6.64. The van der Waals surface area contributed by atoms with E-state index in [0.717, 1.165) is 54.4 Å². The van der Waals surface area contributed by atoms with Crippen molar-refractivity contribution in [3.8, 4) is 5.75 Å². The molecule has 1 N–H and O–H groups in total. The van der Waals surface area contributed by atoms with Gasteiger partial charge in [-0.2, -0.15) is 0 Å². The van der Waals surface area contributed by atoms with Crippen molar-refractivity contribution >= 4 is 11.6 Å². The number of anilines is 2. The fourth-order valence-corrected chi connectivity index (χ4v) is 3.19. The molecule has 2 heterocycles. The van der Waals surface area contributed by atoms with Crippen LogP contribution in [0.4, 0.5) is 24.8 Å². The summed E-state index contributed by atoms with van der Waals surface area (Å²) < 4.78 is 41.5. The van der Waals surface area contributed by atoms with Crippen LogP contribution in [0.15, 0.2) is 24.3 Å². The summed E-state index contributed by atoms with van der Waals surface area (Å²) in [7, 11) is 1.81. The minimum atomic E-state index is -4.68. The van der Waals surface area contributed by atoms with Gasteiger partial charge < -0.3 is 15.0 Å². The van der Waals surface area contributed by atoms with Gasteiger partial charge >= 0.3 is 6.36 Å². The van der Waals surface area contributed by atoms with Crippen molar-refractivity contribution in [3.05, 3.63) is 41.2 Å². The molecule has 0 saturated heterocycles. The van der Waals surface area contributed by atoms with E-state index in [-0.39, 0.29) is 5.75 Å². The van der Waals surface area contributed by atoms with Crippen molar-refractivity contribution in [2.45, 2.75) is 38.1 Å². The number of hydrogen-bond donors (Lipinski definition) is 1. The molecule has 1 aromatic heterocycles. The molecule has 0 spiro atoms. The highest BCUT2D eigenvalue weighted by atomic mass is 19.4. The molecule has 0 amide bonds. The first-order valence-corrected chi connectivity index (χ1v) is 8.60. The van der Waals surface area contributed by atoms with Gasteiger partial charge in [-0.25, -0.2) is 9.97 Å². The lowest BCUT2D eigenvalue weighted by molar-refractivity contribution is -0.274. The molecule has 26 heavy (non-hydrogen) atoms. The Morgan fingerprint density at radius 1 is 1.15 bits per heavy atom. The Morgan fingerprint density at radius 3 is 2.65 bits per heavy atom. The van der Waals surface area contributed by atoms with Crippen LogP contribution >= 0.6 is 0 Å². The lowest BCUT2D eigenvalue weighted by Crippen LogP contribution is -2.31. The number of rotatable bonds is 4. The molecule has 5 nitrogen and oxygen atoms in total. The van der Waals surface area contributed by atoms with Gasteiger partial charge in [0.1, 0.15) is 23.2 Å². The number of aromatic nitrogens is 2. The van der Waals surface area contributed by atoms with Crippen LogP contribution < -0.4 is 15.0 Å². The van der Waals surface area contributed by atoms with Crippen LogP contribution in [0.1, 0.15) is 35.7 Å². The number of hydrogen-bond acceptors (Lipinski definition) is 5. The van der Waals surface area contributed by atoms with E-state index >= 15 is 0 Å². The highest BCUT2D eigenvalue weighted by Gasteiger charge is 2.32. The van der Waals surface area contributed by atoms with Crippen molar-refractivity contribution in [3.63, 3.8) is 0 Å². The van der Waals surface area contributed by atoms with E-state index in [1.807, 2.05) is 13.1 Å². The van der Waals surface area contributed by atoms with E-state index in [1.54, 1.807) is 6.07 Å². The normalized spacial score (nSPS) is 17.0. The molecule has 138 valence electrons. The zero-order valence-corrected chi connectivity index (χ0v) is 14.3. The van der Waals surface area contributed by atoms with Crippen molar-refractivity contribution in [2.24, 2.45) is 0 Å². The average Bonchev–Trinajstić information content (AvgIpc) is 3.44. The van der Waals surface area contributed by atoms with E-state index in [1.165, 1.54) is 12.1 Å². The van der Waals surface area contributed by atoms with Crippen LogP contribution in [-0.2, 0) is 13.0 Å². The summed E-state index contributed by atoms with van der Waals surface area (Å²) in [5.41, 5.74) is 1.87. The monoisotopic (exact) mass is 364 g/mol. The summed E-state index contributed by atoms with van der Waals surface area (Å²) >= 11 is 0. The molecule has 0 radical (unpaired) electrons. The maximum Gasteiger partial charge on any atom is 0.573 e. The Balaban J connectivity index is 1.59. The average molecular weight is 364 g/mol. The largest absolute Gasteiger partial charge is 0.573 e. The van der Waals surface area contributed by atoms with Crippen molar-refractivity contribution in [1.82, 2.24) is 9.97 Å². The van der Waals surface area contributed by atoms with E-state index in [0.29, 0.717) is 12.5 Å². The first-order chi connectivity index (χ1) is 12.4. The van der Waals surface area contributed by atoms with Gasteiger partial charge in [0, 0.05) is 32.1 Å². The lowest BCUT2D eigenvalue weighted by Gasteiger charge is -2.30. The van der Waals surface area contributed by atoms with E-state index in [2.05, 4.69) is 24.9 Å². The van der Waals surface area contributed by atoms with Gasteiger partial charge in [0.25, 0.3) is 0 Å². The van der Waals surface area contributed by atoms with E-state index in [9.17, 15) is 13.2 Å². The summed E-state index contributed by atoms with van der Waals surface area (Å²) in [6, 6.07) is 6.43. The molecule has 0 unspecified atom stereocenters. The number of benzene rings is 1. The predicted octanol–water partition coefficient (Wildman–Crippen LogP) is 3.86. The van der Waals surface area contributed by atoms with Gasteiger partial charge in [0.2, 0.25) is 0 Å². The highest BCUT2D eigenvalue weighted by Crippen LogP contribution is 2.39. The predicted molar refractivity (Wildman–Crippen MR) is 91.4 cm³/mol. The molecule has 1 saturated carbocycles. The fourth-order valence-electron chi connectivity index (χ4n) is 3.19. The topological polar surface area (TPSA) is 50.3 Å². The molecular formula is C18H19F3N4O. The van der Waals surface area contributed by atoms with Crippen molar-refractivity contribution in [2.75, 3.05) is 23.8 Å². The molecule has 1 aromatic carbocycles. The SMILES string of the molecule is CNc1cc(N2CCc3ccc(OC(F)(F)F)cc3C2)nc(C2CC2)n1. The van der Waals surface area contributed by atoms with Gasteiger partial charge in [-0.1, -0.05) is 6.07 Å². The van der Waals surface area contributed by atoms with Crippen molar-refractivity contribution < 1.29 is 17.9 Å². The lowest BCUT2D eigenvalue weighted by atomic mass is 9.99. The third-order valence-corrected chi connectivity index (χ3v) is 4.68. The fraction of sp³-hybridized carbons (Fsp3) is 0.444. The van der Waals surface area contributed by atoms with Crippen LogP contribution in [0.25, 0.3) is 0 Å². The maximum atomic E-state index is 12.5. The molecule has 0 atom stereocenters. The Kier molecular flexibility index (Phi) is 4.13. The highest BCUT2D eigenvalue weighted by molar-refractivity contribution is 5.52. The first kappa shape index (κ1) is 16.9. The van der Waals surface area contributed by atoms with E-state index < -0.39 is 6.36 Å². The Morgan fingerprint density at radius 2 is 1.96 bits per heavy atom. The number of ether oxygens (including phenoxy) is 1. The van der Waals surface area contributed by atoms with Gasteiger partial charge in [0.05, 0.1) is 0 Å². The Labute approximate surface area is 149 Å². The van der Waals surface area contributed by atoms with Crippen LogP contribution in [0.3, 0.4) is 0 Å². The number of nitrogens with zero attached hydrogens (tertiary/aromatic N) is 3. The molecular weight excluding hydrogens is 345 g/mol. The number of nitrogens with one attached hydrogen (secondary N) is 1. The quantitative estimate of drug-likeness (QED) is 0.893. The van der Waals surface area contributed by atoms with Crippen LogP contribution in [0, 0.1) is 0 Å². The van der Waals surface area contributed by atoms with Gasteiger partial charge in [0.15, 0.2) is 0 Å². The molecule has 1 aliphatic heterocycles. The van der Waals surface area contributed by atoms with Crippen LogP contribution in [0.2, 0.25) is 0 Å². The molecule has 1 fully saturated rings.